The van der Waals surface area contributed by atoms with Gasteiger partial charge in [-0.2, -0.15) is 13.2 Å². The van der Waals surface area contributed by atoms with E-state index in [0.717, 1.165) is 47.9 Å². The molecule has 188 valence electrons. The van der Waals surface area contributed by atoms with Crippen molar-refractivity contribution in [2.24, 2.45) is 11.8 Å². The Morgan fingerprint density at radius 2 is 1.64 bits per heavy atom. The predicted molar refractivity (Wildman–Crippen MR) is 133 cm³/mol. The van der Waals surface area contributed by atoms with Gasteiger partial charge < -0.3 is 4.74 Å². The molecule has 0 aliphatic heterocycles. The van der Waals surface area contributed by atoms with Gasteiger partial charge in [-0.3, -0.25) is 0 Å². The third-order valence-corrected chi connectivity index (χ3v) is 6.63. The number of hydrogen-bond donors (Lipinski definition) is 0. The summed E-state index contributed by atoms with van der Waals surface area (Å²) >= 11 is 0. The molecule has 1 nitrogen and oxygen atoms in total. The Balaban J connectivity index is 1.45. The minimum absolute atomic E-state index is 0.0148. The largest absolute Gasteiger partial charge is 0.478 e. The highest BCUT2D eigenvalue weighted by Crippen LogP contribution is 2.34. The van der Waals surface area contributed by atoms with Crippen LogP contribution in [0.2, 0.25) is 0 Å². The predicted octanol–water partition coefficient (Wildman–Crippen LogP) is 8.85. The second-order valence-corrected chi connectivity index (χ2v) is 9.27. The number of benzene rings is 3. The molecule has 6 heteroatoms. The van der Waals surface area contributed by atoms with Crippen molar-refractivity contribution in [3.8, 4) is 28.7 Å². The second-order valence-electron chi connectivity index (χ2n) is 9.27. The molecule has 3 aromatic rings. The van der Waals surface area contributed by atoms with E-state index < -0.39 is 30.2 Å². The van der Waals surface area contributed by atoms with E-state index in [-0.39, 0.29) is 10.8 Å². The van der Waals surface area contributed by atoms with Gasteiger partial charge in [0.2, 0.25) is 0 Å². The van der Waals surface area contributed by atoms with Crippen LogP contribution in [0.5, 0.6) is 5.75 Å². The summed E-state index contributed by atoms with van der Waals surface area (Å²) in [6.07, 6.45) is 4.26. The van der Waals surface area contributed by atoms with Crippen LogP contribution in [0.3, 0.4) is 0 Å². The highest BCUT2D eigenvalue weighted by molar-refractivity contribution is 5.89. The third-order valence-electron chi connectivity index (χ3n) is 6.63. The zero-order valence-electron chi connectivity index (χ0n) is 19.8. The zero-order valence-corrected chi connectivity index (χ0v) is 19.8. The average Bonchev–Trinajstić information content (AvgIpc) is 2.86. The summed E-state index contributed by atoms with van der Waals surface area (Å²) < 4.78 is 70.5. The van der Waals surface area contributed by atoms with Crippen molar-refractivity contribution >= 4 is 10.8 Å². The van der Waals surface area contributed by atoms with Crippen molar-refractivity contribution in [2.45, 2.75) is 44.7 Å². The highest BCUT2D eigenvalue weighted by Gasteiger charge is 2.30. The summed E-state index contributed by atoms with van der Waals surface area (Å²) in [5.74, 6) is 4.50. The number of fused-ring (bicyclic) bond motifs is 1. The third kappa shape index (κ3) is 6.46. The molecular formula is C30H27F5O. The summed E-state index contributed by atoms with van der Waals surface area (Å²) in [5.41, 5.74) is 2.46. The van der Waals surface area contributed by atoms with E-state index in [9.17, 15) is 22.0 Å². The number of ether oxygens (including phenoxy) is 1. The minimum atomic E-state index is -4.70. The Bertz CT molecular complexity index is 1270. The molecule has 36 heavy (non-hydrogen) atoms. The smallest absolute Gasteiger partial charge is 0.422 e. The molecule has 1 saturated carbocycles. The molecular weight excluding hydrogens is 471 g/mol. The van der Waals surface area contributed by atoms with Crippen LogP contribution in [0.4, 0.5) is 22.0 Å². The first kappa shape index (κ1) is 25.8. The number of rotatable bonds is 6. The molecule has 0 aromatic heterocycles. The molecule has 0 spiro atoms. The summed E-state index contributed by atoms with van der Waals surface area (Å²) in [7, 11) is 0. The maximum atomic E-state index is 14.7. The average molecular weight is 499 g/mol. The number of alkyl halides is 3. The van der Waals surface area contributed by atoms with Crippen LogP contribution in [-0.2, 0) is 0 Å². The van der Waals surface area contributed by atoms with E-state index in [1.165, 1.54) is 25.3 Å². The fourth-order valence-corrected chi connectivity index (χ4v) is 4.66. The lowest BCUT2D eigenvalue weighted by Crippen LogP contribution is -2.20. The molecule has 0 radical (unpaired) electrons. The van der Waals surface area contributed by atoms with Crippen molar-refractivity contribution in [1.29, 1.82) is 0 Å². The van der Waals surface area contributed by atoms with Crippen LogP contribution in [-0.4, -0.2) is 12.8 Å². The van der Waals surface area contributed by atoms with E-state index in [0.29, 0.717) is 5.92 Å². The summed E-state index contributed by atoms with van der Waals surface area (Å²) in [4.78, 5) is 0. The Morgan fingerprint density at radius 3 is 2.31 bits per heavy atom. The van der Waals surface area contributed by atoms with Crippen LogP contribution in [0.25, 0.3) is 21.9 Å². The van der Waals surface area contributed by atoms with Crippen LogP contribution < -0.4 is 4.74 Å². The topological polar surface area (TPSA) is 9.23 Å². The van der Waals surface area contributed by atoms with Crippen LogP contribution in [0, 0.1) is 35.3 Å². The van der Waals surface area contributed by atoms with Gasteiger partial charge in [-0.05, 0) is 85.2 Å². The Morgan fingerprint density at radius 1 is 0.944 bits per heavy atom. The van der Waals surface area contributed by atoms with Gasteiger partial charge in [-0.25, -0.2) is 8.78 Å². The lowest BCUT2D eigenvalue weighted by Gasteiger charge is -2.25. The van der Waals surface area contributed by atoms with E-state index in [4.69, 9.17) is 0 Å². The van der Waals surface area contributed by atoms with E-state index in [2.05, 4.69) is 23.2 Å². The van der Waals surface area contributed by atoms with Crippen LogP contribution in [0.15, 0.2) is 61.2 Å². The minimum Gasteiger partial charge on any atom is -0.478 e. The van der Waals surface area contributed by atoms with Gasteiger partial charge in [-0.1, -0.05) is 42.2 Å². The summed E-state index contributed by atoms with van der Waals surface area (Å²) in [6.45, 7) is 2.03. The Kier molecular flexibility index (Phi) is 7.98. The van der Waals surface area contributed by atoms with Gasteiger partial charge >= 0.3 is 6.18 Å². The number of allylic oxidation sites excluding steroid dienone is 1. The highest BCUT2D eigenvalue weighted by atomic mass is 19.4. The van der Waals surface area contributed by atoms with Crippen molar-refractivity contribution < 1.29 is 26.7 Å². The van der Waals surface area contributed by atoms with E-state index >= 15 is 0 Å². The second kappa shape index (κ2) is 11.2. The van der Waals surface area contributed by atoms with Gasteiger partial charge in [0.05, 0.1) is 0 Å². The molecule has 0 saturated heterocycles. The summed E-state index contributed by atoms with van der Waals surface area (Å²) in [6, 6.07) is 13.3. The monoisotopic (exact) mass is 498 g/mol. The van der Waals surface area contributed by atoms with Gasteiger partial charge in [0.25, 0.3) is 0 Å². The number of hydrogen-bond acceptors (Lipinski definition) is 1. The van der Waals surface area contributed by atoms with Gasteiger partial charge in [-0.15, -0.1) is 6.58 Å². The first-order valence-electron chi connectivity index (χ1n) is 12.1. The standard InChI is InChI=1S/C30H27F5O/c1-2-3-4-20-5-7-21(8-6-20)9-10-22-11-13-23(14-12-22)24-15-16-26-25(17-24)18-27(31)29(28(26)32)36-19-30(33,34)35/h2,11-18,20-21H,1,3-8,19H2. The van der Waals surface area contributed by atoms with Crippen molar-refractivity contribution in [3.05, 3.63) is 78.4 Å². The van der Waals surface area contributed by atoms with Gasteiger partial charge in [0.15, 0.2) is 24.0 Å². The fraction of sp³-hybridized carbons (Fsp3) is 0.333. The van der Waals surface area contributed by atoms with Crippen LogP contribution in [0.1, 0.15) is 44.1 Å². The maximum absolute atomic E-state index is 14.7. The SMILES string of the molecule is C=CCCC1CCC(C#Cc2ccc(-c3ccc4c(F)c(OCC(F)(F)F)c(F)cc4c3)cc2)CC1. The Labute approximate surface area is 208 Å². The molecule has 4 rings (SSSR count). The van der Waals surface area contributed by atoms with Crippen molar-refractivity contribution in [2.75, 3.05) is 6.61 Å². The maximum Gasteiger partial charge on any atom is 0.422 e. The molecule has 0 unspecified atom stereocenters. The molecule has 1 aliphatic carbocycles. The molecule has 1 fully saturated rings. The fourth-order valence-electron chi connectivity index (χ4n) is 4.66. The van der Waals surface area contributed by atoms with Crippen molar-refractivity contribution in [3.63, 3.8) is 0 Å². The summed E-state index contributed by atoms with van der Waals surface area (Å²) in [5, 5.41) is 0.216. The lowest BCUT2D eigenvalue weighted by molar-refractivity contribution is -0.154. The van der Waals surface area contributed by atoms with E-state index in [1.807, 2.05) is 30.3 Å². The quantitative estimate of drug-likeness (QED) is 0.187. The molecule has 0 N–H and O–H groups in total. The normalized spacial score (nSPS) is 17.9. The van der Waals surface area contributed by atoms with Crippen LogP contribution >= 0.6 is 0 Å². The molecule has 1 aliphatic rings. The Hall–Kier alpha value is -3.33. The molecule has 0 bridgehead atoms. The molecule has 0 heterocycles. The molecule has 0 atom stereocenters. The van der Waals surface area contributed by atoms with Gasteiger partial charge in [0, 0.05) is 16.9 Å². The first-order valence-corrected chi connectivity index (χ1v) is 12.1. The van der Waals surface area contributed by atoms with Crippen molar-refractivity contribution in [1.82, 2.24) is 0 Å². The number of halogens is 5. The first-order chi connectivity index (χ1) is 17.2. The molecule has 3 aromatic carbocycles. The molecule has 0 amide bonds. The zero-order chi connectivity index (χ0) is 25.7. The lowest BCUT2D eigenvalue weighted by atomic mass is 9.80. The van der Waals surface area contributed by atoms with E-state index in [1.54, 1.807) is 12.1 Å². The van der Waals surface area contributed by atoms with Gasteiger partial charge in [0.1, 0.15) is 0 Å².